The number of aliphatic hydroxyl groups excluding tert-OH is 2. The third kappa shape index (κ3) is 0.956. The smallest absolute Gasteiger partial charge is 0.0545 e. The van der Waals surface area contributed by atoms with Crippen molar-refractivity contribution in [3.05, 3.63) is 0 Å². The van der Waals surface area contributed by atoms with Gasteiger partial charge in [-0.15, -0.1) is 0 Å². The van der Waals surface area contributed by atoms with Crippen molar-refractivity contribution in [1.82, 2.24) is 0 Å². The number of hydrogen-bond donors (Lipinski definition) is 2. The molecular weight excluding hydrogens is 128 g/mol. The Morgan fingerprint density at radius 3 is 1.30 bits per heavy atom. The molecule has 2 nitrogen and oxygen atoms in total. The van der Waals surface area contributed by atoms with Gasteiger partial charge in [-0.25, -0.2) is 0 Å². The second kappa shape index (κ2) is 2.21. The van der Waals surface area contributed by atoms with Gasteiger partial charge in [-0.1, -0.05) is 0 Å². The van der Waals surface area contributed by atoms with E-state index in [1.807, 2.05) is 0 Å². The highest BCUT2D eigenvalue weighted by molar-refractivity contribution is 4.91. The molecular formula is C8H14O2. The van der Waals surface area contributed by atoms with Gasteiger partial charge >= 0.3 is 0 Å². The highest BCUT2D eigenvalue weighted by Crippen LogP contribution is 2.43. The predicted molar refractivity (Wildman–Crippen MR) is 37.5 cm³/mol. The molecule has 0 aromatic heterocycles. The van der Waals surface area contributed by atoms with Gasteiger partial charge in [0.2, 0.25) is 0 Å². The van der Waals surface area contributed by atoms with Crippen molar-refractivity contribution >= 4 is 0 Å². The fourth-order valence-corrected chi connectivity index (χ4v) is 2.55. The van der Waals surface area contributed by atoms with Crippen molar-refractivity contribution in [2.45, 2.75) is 37.9 Å². The zero-order valence-corrected chi connectivity index (χ0v) is 6.03. The van der Waals surface area contributed by atoms with E-state index in [2.05, 4.69) is 0 Å². The standard InChI is InChI=1S/C8H14O2/c9-7-1-5-2-8(10)4-6(5)3-7/h5-10H,1-4H2/t5-,6+,7?,8?. The lowest BCUT2D eigenvalue weighted by Crippen LogP contribution is -2.06. The molecule has 0 aromatic carbocycles. The van der Waals surface area contributed by atoms with Crippen LogP contribution in [0.25, 0.3) is 0 Å². The molecule has 2 aliphatic carbocycles. The van der Waals surface area contributed by atoms with E-state index in [1.54, 1.807) is 0 Å². The van der Waals surface area contributed by atoms with Gasteiger partial charge in [-0.2, -0.15) is 0 Å². The average Bonchev–Trinajstić information content (AvgIpc) is 2.21. The first-order valence-electron chi connectivity index (χ1n) is 4.12. The van der Waals surface area contributed by atoms with Crippen LogP contribution in [0.3, 0.4) is 0 Å². The SMILES string of the molecule is OC1C[C@H]2CC(O)C[C@H]2C1. The molecule has 2 heteroatoms. The van der Waals surface area contributed by atoms with Gasteiger partial charge in [0, 0.05) is 0 Å². The van der Waals surface area contributed by atoms with Crippen molar-refractivity contribution in [2.24, 2.45) is 11.8 Å². The molecule has 10 heavy (non-hydrogen) atoms. The van der Waals surface area contributed by atoms with Gasteiger partial charge in [-0.05, 0) is 37.5 Å². The summed E-state index contributed by atoms with van der Waals surface area (Å²) >= 11 is 0. The van der Waals surface area contributed by atoms with E-state index in [9.17, 15) is 10.2 Å². The van der Waals surface area contributed by atoms with Crippen LogP contribution in [0.2, 0.25) is 0 Å². The summed E-state index contributed by atoms with van der Waals surface area (Å²) in [6.45, 7) is 0. The molecule has 0 spiro atoms. The predicted octanol–water partition coefficient (Wildman–Crippen LogP) is 0.528. The van der Waals surface area contributed by atoms with Crippen LogP contribution in [0.15, 0.2) is 0 Å². The Morgan fingerprint density at radius 2 is 1.00 bits per heavy atom. The second-order valence-electron chi connectivity index (χ2n) is 3.77. The third-order valence-electron chi connectivity index (χ3n) is 2.97. The van der Waals surface area contributed by atoms with Crippen molar-refractivity contribution in [1.29, 1.82) is 0 Å². The van der Waals surface area contributed by atoms with Crippen LogP contribution in [0.1, 0.15) is 25.7 Å². The monoisotopic (exact) mass is 142 g/mol. The van der Waals surface area contributed by atoms with Crippen LogP contribution >= 0.6 is 0 Å². The minimum absolute atomic E-state index is 0.0671. The first kappa shape index (κ1) is 6.62. The molecule has 2 N–H and O–H groups in total. The average molecular weight is 142 g/mol. The van der Waals surface area contributed by atoms with Crippen molar-refractivity contribution in [3.8, 4) is 0 Å². The van der Waals surface area contributed by atoms with E-state index in [0.29, 0.717) is 11.8 Å². The van der Waals surface area contributed by atoms with Crippen molar-refractivity contribution in [2.75, 3.05) is 0 Å². The molecule has 0 bridgehead atoms. The Balaban J connectivity index is 2.00. The van der Waals surface area contributed by atoms with Gasteiger partial charge in [0.25, 0.3) is 0 Å². The Labute approximate surface area is 60.9 Å². The lowest BCUT2D eigenvalue weighted by atomic mass is 10.0. The summed E-state index contributed by atoms with van der Waals surface area (Å²) in [7, 11) is 0. The number of fused-ring (bicyclic) bond motifs is 1. The first-order valence-corrected chi connectivity index (χ1v) is 4.12. The van der Waals surface area contributed by atoms with Gasteiger partial charge in [-0.3, -0.25) is 0 Å². The maximum Gasteiger partial charge on any atom is 0.0545 e. The normalized spacial score (nSPS) is 53.4. The summed E-state index contributed by atoms with van der Waals surface area (Å²) in [6, 6.07) is 0. The molecule has 2 aliphatic rings. The maximum absolute atomic E-state index is 9.24. The molecule has 58 valence electrons. The minimum Gasteiger partial charge on any atom is -0.393 e. The molecule has 0 saturated heterocycles. The Morgan fingerprint density at radius 1 is 0.700 bits per heavy atom. The van der Waals surface area contributed by atoms with Crippen molar-refractivity contribution < 1.29 is 10.2 Å². The van der Waals surface area contributed by atoms with Crippen LogP contribution in [0, 0.1) is 11.8 Å². The Kier molecular flexibility index (Phi) is 1.46. The molecule has 0 aliphatic heterocycles. The lowest BCUT2D eigenvalue weighted by molar-refractivity contribution is 0.139. The lowest BCUT2D eigenvalue weighted by Gasteiger charge is -2.04. The highest BCUT2D eigenvalue weighted by atomic mass is 16.3. The molecule has 0 radical (unpaired) electrons. The summed E-state index contributed by atoms with van der Waals surface area (Å²) in [5, 5.41) is 18.5. The Hall–Kier alpha value is -0.0800. The van der Waals surface area contributed by atoms with E-state index in [0.717, 1.165) is 25.7 Å². The third-order valence-corrected chi connectivity index (χ3v) is 2.97. The number of aliphatic hydroxyl groups is 2. The van der Waals surface area contributed by atoms with Gasteiger partial charge in [0.15, 0.2) is 0 Å². The highest BCUT2D eigenvalue weighted by Gasteiger charge is 2.40. The van der Waals surface area contributed by atoms with E-state index >= 15 is 0 Å². The molecule has 2 saturated carbocycles. The van der Waals surface area contributed by atoms with E-state index < -0.39 is 0 Å². The first-order chi connectivity index (χ1) is 4.75. The van der Waals surface area contributed by atoms with Gasteiger partial charge < -0.3 is 10.2 Å². The quantitative estimate of drug-likeness (QED) is 0.518. The molecule has 2 rings (SSSR count). The maximum atomic E-state index is 9.24. The summed E-state index contributed by atoms with van der Waals surface area (Å²) in [5.41, 5.74) is 0. The second-order valence-corrected chi connectivity index (χ2v) is 3.77. The summed E-state index contributed by atoms with van der Waals surface area (Å²) < 4.78 is 0. The van der Waals surface area contributed by atoms with E-state index in [-0.39, 0.29) is 12.2 Å². The summed E-state index contributed by atoms with van der Waals surface area (Å²) in [6.07, 6.45) is 3.59. The largest absolute Gasteiger partial charge is 0.393 e. The fourth-order valence-electron chi connectivity index (χ4n) is 2.55. The van der Waals surface area contributed by atoms with Crippen LogP contribution in [0.5, 0.6) is 0 Å². The molecule has 0 aromatic rings. The molecule has 0 unspecified atom stereocenters. The van der Waals surface area contributed by atoms with Crippen LogP contribution in [-0.2, 0) is 0 Å². The zero-order chi connectivity index (χ0) is 7.14. The van der Waals surface area contributed by atoms with E-state index in [4.69, 9.17) is 0 Å². The zero-order valence-electron chi connectivity index (χ0n) is 6.03. The van der Waals surface area contributed by atoms with Crippen LogP contribution < -0.4 is 0 Å². The minimum atomic E-state index is -0.0671. The van der Waals surface area contributed by atoms with Gasteiger partial charge in [0.1, 0.15) is 0 Å². The van der Waals surface area contributed by atoms with Crippen molar-refractivity contribution in [3.63, 3.8) is 0 Å². The summed E-state index contributed by atoms with van der Waals surface area (Å²) in [4.78, 5) is 0. The van der Waals surface area contributed by atoms with Crippen LogP contribution in [0.4, 0.5) is 0 Å². The molecule has 2 fully saturated rings. The Bertz CT molecular complexity index is 107. The molecule has 0 heterocycles. The number of hydrogen-bond acceptors (Lipinski definition) is 2. The van der Waals surface area contributed by atoms with Gasteiger partial charge in [0.05, 0.1) is 12.2 Å². The topological polar surface area (TPSA) is 40.5 Å². The molecule has 0 atom stereocenters. The summed E-state index contributed by atoms with van der Waals surface area (Å²) in [5.74, 6) is 1.26. The van der Waals surface area contributed by atoms with Crippen LogP contribution in [-0.4, -0.2) is 22.4 Å². The molecule has 0 amide bonds. The van der Waals surface area contributed by atoms with E-state index in [1.165, 1.54) is 0 Å². The fraction of sp³-hybridized carbons (Fsp3) is 1.00. The number of rotatable bonds is 0.